The zero-order chi connectivity index (χ0) is 12.1. The average molecular weight is 298 g/mol. The summed E-state index contributed by atoms with van der Waals surface area (Å²) < 4.78 is 5.72. The second-order valence-electron chi connectivity index (χ2n) is 4.04. The molecule has 0 unspecified atom stereocenters. The summed E-state index contributed by atoms with van der Waals surface area (Å²) in [7, 11) is 0. The Morgan fingerprint density at radius 1 is 0.938 bits per heavy atom. The number of hydrogen-bond acceptors (Lipinski definition) is 1. The van der Waals surface area contributed by atoms with Crippen LogP contribution in [-0.2, 0) is 0 Å². The zero-order valence-electron chi connectivity index (χ0n) is 8.57. The van der Waals surface area contributed by atoms with E-state index < -0.39 is 5.60 Å². The maximum atomic E-state index is 6.08. The summed E-state index contributed by atoms with van der Waals surface area (Å²) in [5, 5.41) is 1.12. The Balaban J connectivity index is 2.73. The van der Waals surface area contributed by atoms with Crippen LogP contribution in [0.5, 0.6) is 5.75 Å². The van der Waals surface area contributed by atoms with Crippen molar-refractivity contribution in [2.75, 3.05) is 0 Å². The van der Waals surface area contributed by atoms with Crippen LogP contribution in [0.25, 0.3) is 6.08 Å². The molecular formula is C11H8Cl4O. The fourth-order valence-corrected chi connectivity index (χ4v) is 2.41. The minimum atomic E-state index is -0.433. The van der Waals surface area contributed by atoms with Crippen molar-refractivity contribution in [3.05, 3.63) is 31.7 Å². The van der Waals surface area contributed by atoms with Gasteiger partial charge in [0.05, 0.1) is 15.1 Å². The van der Waals surface area contributed by atoms with Crippen molar-refractivity contribution in [3.63, 3.8) is 0 Å². The maximum absolute atomic E-state index is 6.08. The van der Waals surface area contributed by atoms with Crippen LogP contribution in [0, 0.1) is 0 Å². The molecule has 1 aliphatic heterocycles. The Bertz CT molecular complexity index is 491. The maximum Gasteiger partial charge on any atom is 0.149 e. The first kappa shape index (κ1) is 12.4. The third kappa shape index (κ3) is 1.91. The number of rotatable bonds is 0. The van der Waals surface area contributed by atoms with Crippen molar-refractivity contribution in [1.82, 2.24) is 0 Å². The highest BCUT2D eigenvalue weighted by Gasteiger charge is 2.28. The molecule has 0 N–H and O–H groups in total. The van der Waals surface area contributed by atoms with E-state index in [1.165, 1.54) is 0 Å². The SMILES string of the molecule is CC1(C)C=Cc2c(Cl)c(Cl)c(Cl)c(Cl)c2O1. The topological polar surface area (TPSA) is 9.23 Å². The van der Waals surface area contributed by atoms with Crippen molar-refractivity contribution < 1.29 is 4.74 Å². The molecule has 0 amide bonds. The molecule has 0 fully saturated rings. The van der Waals surface area contributed by atoms with Gasteiger partial charge >= 0.3 is 0 Å². The van der Waals surface area contributed by atoms with Crippen molar-refractivity contribution in [1.29, 1.82) is 0 Å². The van der Waals surface area contributed by atoms with Crippen molar-refractivity contribution in [2.45, 2.75) is 19.4 Å². The van der Waals surface area contributed by atoms with Gasteiger partial charge in [-0.2, -0.15) is 0 Å². The van der Waals surface area contributed by atoms with Gasteiger partial charge < -0.3 is 4.74 Å². The highest BCUT2D eigenvalue weighted by Crippen LogP contribution is 2.48. The largest absolute Gasteiger partial charge is 0.481 e. The minimum Gasteiger partial charge on any atom is -0.481 e. The highest BCUT2D eigenvalue weighted by molar-refractivity contribution is 6.53. The van der Waals surface area contributed by atoms with Crippen molar-refractivity contribution >= 4 is 52.5 Å². The molecule has 0 radical (unpaired) electrons. The first-order valence-corrected chi connectivity index (χ1v) is 6.09. The molecule has 0 bridgehead atoms. The normalized spacial score (nSPS) is 16.9. The monoisotopic (exact) mass is 296 g/mol. The van der Waals surface area contributed by atoms with Gasteiger partial charge in [0.25, 0.3) is 0 Å². The van der Waals surface area contributed by atoms with Crippen LogP contribution in [0.15, 0.2) is 6.08 Å². The van der Waals surface area contributed by atoms with Crippen molar-refractivity contribution in [3.8, 4) is 5.75 Å². The van der Waals surface area contributed by atoms with Gasteiger partial charge in [-0.05, 0) is 26.0 Å². The van der Waals surface area contributed by atoms with Gasteiger partial charge in [0, 0.05) is 5.56 Å². The van der Waals surface area contributed by atoms with E-state index in [1.54, 1.807) is 0 Å². The molecule has 0 atom stereocenters. The lowest BCUT2D eigenvalue weighted by atomic mass is 10.0. The molecule has 0 saturated carbocycles. The Labute approximate surface area is 114 Å². The minimum absolute atomic E-state index is 0.221. The van der Waals surface area contributed by atoms with Crippen LogP contribution in [0.2, 0.25) is 20.1 Å². The van der Waals surface area contributed by atoms with E-state index in [-0.39, 0.29) is 10.0 Å². The van der Waals surface area contributed by atoms with Crippen LogP contribution >= 0.6 is 46.4 Å². The van der Waals surface area contributed by atoms with Gasteiger partial charge in [0.2, 0.25) is 0 Å². The fourth-order valence-electron chi connectivity index (χ4n) is 1.46. The van der Waals surface area contributed by atoms with E-state index in [2.05, 4.69) is 0 Å². The van der Waals surface area contributed by atoms with Gasteiger partial charge in [-0.3, -0.25) is 0 Å². The van der Waals surface area contributed by atoms with E-state index >= 15 is 0 Å². The summed E-state index contributed by atoms with van der Waals surface area (Å²) in [6.45, 7) is 3.83. The average Bonchev–Trinajstić information content (AvgIpc) is 2.22. The van der Waals surface area contributed by atoms with E-state index in [4.69, 9.17) is 51.1 Å². The van der Waals surface area contributed by atoms with Crippen LogP contribution < -0.4 is 4.74 Å². The van der Waals surface area contributed by atoms with Crippen LogP contribution in [0.1, 0.15) is 19.4 Å². The summed E-state index contributed by atoms with van der Waals surface area (Å²) in [6, 6.07) is 0. The molecule has 2 rings (SSSR count). The van der Waals surface area contributed by atoms with Gasteiger partial charge in [-0.25, -0.2) is 0 Å². The first-order chi connectivity index (χ1) is 7.33. The standard InChI is InChI=1S/C11H8Cl4O/c1-11(2)4-3-5-6(12)7(13)8(14)9(15)10(5)16-11/h3-4H,1-2H3. The van der Waals surface area contributed by atoms with Crippen LogP contribution in [-0.4, -0.2) is 5.60 Å². The summed E-state index contributed by atoms with van der Waals surface area (Å²) >= 11 is 24.1. The van der Waals surface area contributed by atoms with Gasteiger partial charge in [-0.15, -0.1) is 0 Å². The van der Waals surface area contributed by atoms with E-state index in [9.17, 15) is 0 Å². The lowest BCUT2D eigenvalue weighted by Gasteiger charge is -2.29. The Hall–Kier alpha value is -0.0800. The number of benzene rings is 1. The fraction of sp³-hybridized carbons (Fsp3) is 0.273. The molecule has 1 nitrogen and oxygen atoms in total. The van der Waals surface area contributed by atoms with Crippen LogP contribution in [0.4, 0.5) is 0 Å². The van der Waals surface area contributed by atoms with Gasteiger partial charge in [0.1, 0.15) is 16.4 Å². The Morgan fingerprint density at radius 3 is 2.12 bits per heavy atom. The van der Waals surface area contributed by atoms with E-state index in [1.807, 2.05) is 26.0 Å². The molecule has 5 heteroatoms. The van der Waals surface area contributed by atoms with E-state index in [0.717, 1.165) is 0 Å². The predicted octanol–water partition coefficient (Wildman–Crippen LogP) is 5.48. The summed E-state index contributed by atoms with van der Waals surface area (Å²) in [5.41, 5.74) is 0.234. The molecule has 0 aliphatic carbocycles. The molecular weight excluding hydrogens is 290 g/mol. The second kappa shape index (κ2) is 3.99. The number of ether oxygens (including phenoxy) is 1. The second-order valence-corrected chi connectivity index (χ2v) is 5.55. The molecule has 16 heavy (non-hydrogen) atoms. The first-order valence-electron chi connectivity index (χ1n) is 4.57. The molecule has 1 aromatic rings. The molecule has 1 aromatic carbocycles. The predicted molar refractivity (Wildman–Crippen MR) is 70.2 cm³/mol. The summed E-state index contributed by atoms with van der Waals surface area (Å²) in [5.74, 6) is 0.480. The quantitative estimate of drug-likeness (QED) is 0.455. The summed E-state index contributed by atoms with van der Waals surface area (Å²) in [6.07, 6.45) is 3.73. The molecule has 0 spiro atoms. The number of fused-ring (bicyclic) bond motifs is 1. The lowest BCUT2D eigenvalue weighted by molar-refractivity contribution is 0.159. The van der Waals surface area contributed by atoms with Crippen molar-refractivity contribution in [2.24, 2.45) is 0 Å². The molecule has 1 heterocycles. The molecule has 86 valence electrons. The lowest BCUT2D eigenvalue weighted by Crippen LogP contribution is -2.27. The third-order valence-corrected chi connectivity index (χ3v) is 4.07. The Morgan fingerprint density at radius 2 is 1.50 bits per heavy atom. The smallest absolute Gasteiger partial charge is 0.149 e. The molecule has 0 aromatic heterocycles. The van der Waals surface area contributed by atoms with Gasteiger partial charge in [0.15, 0.2) is 0 Å². The number of hydrogen-bond donors (Lipinski definition) is 0. The number of halogens is 4. The van der Waals surface area contributed by atoms with E-state index in [0.29, 0.717) is 21.4 Å². The molecule has 0 saturated heterocycles. The van der Waals surface area contributed by atoms with Gasteiger partial charge in [-0.1, -0.05) is 46.4 Å². The summed E-state index contributed by atoms with van der Waals surface area (Å²) in [4.78, 5) is 0. The third-order valence-electron chi connectivity index (χ3n) is 2.28. The highest BCUT2D eigenvalue weighted by atomic mass is 35.5. The molecule has 1 aliphatic rings. The Kier molecular flexibility index (Phi) is 3.09. The zero-order valence-corrected chi connectivity index (χ0v) is 11.6. The van der Waals surface area contributed by atoms with Crippen LogP contribution in [0.3, 0.4) is 0 Å².